The van der Waals surface area contributed by atoms with E-state index < -0.39 is 28.9 Å². The minimum absolute atomic E-state index is 0.0191. The van der Waals surface area contributed by atoms with Gasteiger partial charge in [-0.15, -0.1) is 0 Å². The van der Waals surface area contributed by atoms with Crippen LogP contribution < -0.4 is 5.32 Å². The first-order valence-electron chi connectivity index (χ1n) is 21.9. The molecule has 0 radical (unpaired) electrons. The summed E-state index contributed by atoms with van der Waals surface area (Å²) in [6.45, 7) is 21.1. The number of hydrogen-bond donors (Lipinski definition) is 3. The van der Waals surface area contributed by atoms with Crippen molar-refractivity contribution in [2.45, 2.75) is 151 Å². The van der Waals surface area contributed by atoms with E-state index in [1.807, 2.05) is 6.07 Å². The molecule has 8 heteroatoms. The van der Waals surface area contributed by atoms with Gasteiger partial charge in [0.05, 0.1) is 17.9 Å². The highest BCUT2D eigenvalue weighted by Crippen LogP contribution is 2.77. The first kappa shape index (κ1) is 43.0. The number of esters is 1. The molecule has 5 aliphatic carbocycles. The van der Waals surface area contributed by atoms with Crippen molar-refractivity contribution in [3.63, 3.8) is 0 Å². The number of aliphatic hydroxyl groups excluding tert-OH is 1. The lowest BCUT2D eigenvalue weighted by atomic mass is 9.33. The fourth-order valence-electron chi connectivity index (χ4n) is 13.8. The first-order chi connectivity index (χ1) is 26.0. The molecule has 0 amide bonds. The predicted octanol–water partition coefficient (Wildman–Crippen LogP) is 9.02. The summed E-state index contributed by atoms with van der Waals surface area (Å²) in [4.78, 5) is 41.4. The van der Waals surface area contributed by atoms with Crippen molar-refractivity contribution in [1.82, 2.24) is 10.2 Å². The third-order valence-electron chi connectivity index (χ3n) is 17.1. The van der Waals surface area contributed by atoms with Crippen molar-refractivity contribution in [1.29, 1.82) is 0 Å². The second kappa shape index (κ2) is 15.2. The van der Waals surface area contributed by atoms with Crippen LogP contribution in [0.4, 0.5) is 0 Å². The number of allylic oxidation sites excluding steroid dienone is 1. The van der Waals surface area contributed by atoms with Crippen LogP contribution in [0.3, 0.4) is 0 Å². The van der Waals surface area contributed by atoms with Gasteiger partial charge in [0.1, 0.15) is 6.10 Å². The van der Waals surface area contributed by atoms with Gasteiger partial charge in [-0.05, 0) is 143 Å². The van der Waals surface area contributed by atoms with Crippen molar-refractivity contribution < 1.29 is 29.3 Å². The number of aliphatic carboxylic acids is 1. The van der Waals surface area contributed by atoms with Gasteiger partial charge >= 0.3 is 11.9 Å². The molecular weight excluding hydrogens is 701 g/mol. The molecule has 1 aromatic rings. The fourth-order valence-corrected chi connectivity index (χ4v) is 13.8. The Balaban J connectivity index is 1.27. The molecule has 5 aliphatic rings. The number of nitrogens with zero attached hydrogens (tertiary/aromatic N) is 1. The molecule has 8 nitrogen and oxygen atoms in total. The normalized spacial score (nSPS) is 36.4. The highest BCUT2D eigenvalue weighted by molar-refractivity contribution is 6.00. The second-order valence-corrected chi connectivity index (χ2v) is 21.5. The Morgan fingerprint density at radius 1 is 0.929 bits per heavy atom. The molecule has 0 bridgehead atoms. The topological polar surface area (TPSA) is 116 Å². The summed E-state index contributed by atoms with van der Waals surface area (Å²) in [5.41, 5.74) is 1.67. The number of carboxylic acid groups (broad SMARTS) is 1. The number of ether oxygens (including phenoxy) is 1. The summed E-state index contributed by atoms with van der Waals surface area (Å²) in [6.07, 6.45) is 8.13. The molecule has 0 heterocycles. The zero-order valence-electron chi connectivity index (χ0n) is 36.6. The van der Waals surface area contributed by atoms with Gasteiger partial charge in [-0.3, -0.25) is 14.4 Å². The third kappa shape index (κ3) is 7.03. The molecule has 6 rings (SSSR count). The van der Waals surface area contributed by atoms with E-state index in [9.17, 15) is 24.6 Å². The molecule has 56 heavy (non-hydrogen) atoms. The van der Waals surface area contributed by atoms with E-state index >= 15 is 0 Å². The van der Waals surface area contributed by atoms with Crippen LogP contribution in [0, 0.1) is 56.2 Å². The number of carbonyl (C=O) groups excluding carboxylic acids is 2. The summed E-state index contributed by atoms with van der Waals surface area (Å²) in [5, 5.41) is 25.9. The first-order valence-corrected chi connectivity index (χ1v) is 21.9. The molecule has 0 aromatic heterocycles. The Hall–Kier alpha value is -2.55. The number of Topliss-reactive ketones (excluding diaryl/α,β-unsaturated/α-hetero) is 1. The van der Waals surface area contributed by atoms with Crippen molar-refractivity contribution in [2.75, 3.05) is 27.2 Å². The summed E-state index contributed by atoms with van der Waals surface area (Å²) in [5.74, 6) is 0.0497. The molecule has 312 valence electrons. The molecule has 0 aliphatic heterocycles. The molecule has 1 aromatic carbocycles. The van der Waals surface area contributed by atoms with E-state index in [0.29, 0.717) is 24.8 Å². The summed E-state index contributed by atoms with van der Waals surface area (Å²) in [7, 11) is 4.20. The number of carboxylic acids is 1. The average Bonchev–Trinajstić information content (AvgIpc) is 3.43. The van der Waals surface area contributed by atoms with E-state index in [0.717, 1.165) is 69.9 Å². The predicted molar refractivity (Wildman–Crippen MR) is 222 cm³/mol. The van der Waals surface area contributed by atoms with Crippen molar-refractivity contribution >= 4 is 17.7 Å². The highest BCUT2D eigenvalue weighted by atomic mass is 16.5. The molecule has 3 N–H and O–H groups in total. The maximum Gasteiger partial charge on any atom is 0.309 e. The second-order valence-electron chi connectivity index (χ2n) is 21.5. The maximum absolute atomic E-state index is 14.2. The molecule has 4 saturated carbocycles. The van der Waals surface area contributed by atoms with Crippen LogP contribution in [0.5, 0.6) is 0 Å². The van der Waals surface area contributed by atoms with Gasteiger partial charge in [0, 0.05) is 29.8 Å². The van der Waals surface area contributed by atoms with Crippen molar-refractivity contribution in [3.05, 3.63) is 47.0 Å². The molecule has 0 spiro atoms. The van der Waals surface area contributed by atoms with Gasteiger partial charge in [-0.25, -0.2) is 0 Å². The van der Waals surface area contributed by atoms with Gasteiger partial charge in [-0.1, -0.05) is 84.4 Å². The highest BCUT2D eigenvalue weighted by Gasteiger charge is 2.70. The summed E-state index contributed by atoms with van der Waals surface area (Å²) < 4.78 is 6.19. The van der Waals surface area contributed by atoms with Gasteiger partial charge in [0.25, 0.3) is 0 Å². The Bertz CT molecular complexity index is 1680. The maximum atomic E-state index is 14.2. The van der Waals surface area contributed by atoms with Crippen LogP contribution in [0.25, 0.3) is 0 Å². The van der Waals surface area contributed by atoms with E-state index in [-0.39, 0.29) is 57.8 Å². The third-order valence-corrected chi connectivity index (χ3v) is 17.1. The van der Waals surface area contributed by atoms with Crippen LogP contribution in [-0.2, 0) is 19.1 Å². The van der Waals surface area contributed by atoms with Crippen LogP contribution in [0.15, 0.2) is 41.5 Å². The number of hydrogen-bond acceptors (Lipinski definition) is 7. The number of aliphatic hydroxyl groups is 1. The van der Waals surface area contributed by atoms with E-state index in [2.05, 4.69) is 97.0 Å². The quantitative estimate of drug-likeness (QED) is 0.170. The monoisotopic (exact) mass is 775 g/mol. The molecule has 10 atom stereocenters. The number of nitrogens with one attached hydrogen (secondary N) is 1. The zero-order valence-corrected chi connectivity index (χ0v) is 36.6. The SMILES string of the molecule is CC(C)C1=C2[C@H]3CC[C@@H]4[C@@]5(C)CC[C@H](OC(=O)CC(C)(C)C(=O)O)C(C)(C)[C@@H]5CC[C@@]4(C)[C@]3(C)CC[C@@]2([C@@H](O)CN[C@@H](CCN(C)C)c2ccccc2)CC1=O. The molecule has 0 saturated heterocycles. The zero-order chi connectivity index (χ0) is 41.2. The van der Waals surface area contributed by atoms with E-state index in [1.54, 1.807) is 13.8 Å². The Morgan fingerprint density at radius 2 is 1.61 bits per heavy atom. The lowest BCUT2D eigenvalue weighted by molar-refractivity contribution is -0.235. The number of ketones is 1. The van der Waals surface area contributed by atoms with Crippen LogP contribution in [0.2, 0.25) is 0 Å². The van der Waals surface area contributed by atoms with Crippen molar-refractivity contribution in [2.24, 2.45) is 56.2 Å². The van der Waals surface area contributed by atoms with Crippen LogP contribution in [0.1, 0.15) is 145 Å². The standard InChI is InChI=1S/C48H74N2O6/c1-30(2)40-34(51)27-48(37(52)29-49-33(21-26-50(10)11)31-15-13-12-14-16-31)25-24-46(8)32(41(40)48)17-18-36-45(7)22-20-38(56-39(53)28-43(3,4)42(54)55)44(5,6)35(45)19-23-47(36,46)9/h12-16,30,32-33,35-38,49,52H,17-29H2,1-11H3,(H,54,55)/t32-,33+,35+,36-,37+,38+,45+,46-,47-,48+/m1/s1. The Labute approximate surface area is 338 Å². The number of rotatable bonds is 13. The molecular formula is C48H74N2O6. The molecule has 4 fully saturated rings. The lowest BCUT2D eigenvalue weighted by Crippen LogP contribution is -2.66. The molecule has 0 unspecified atom stereocenters. The number of fused-ring (bicyclic) bond motifs is 7. The smallest absolute Gasteiger partial charge is 0.309 e. The largest absolute Gasteiger partial charge is 0.481 e. The van der Waals surface area contributed by atoms with Crippen LogP contribution in [-0.4, -0.2) is 72.2 Å². The van der Waals surface area contributed by atoms with Gasteiger partial charge in [-0.2, -0.15) is 0 Å². The Morgan fingerprint density at radius 3 is 2.23 bits per heavy atom. The summed E-state index contributed by atoms with van der Waals surface area (Å²) in [6, 6.07) is 10.7. The van der Waals surface area contributed by atoms with Crippen LogP contribution >= 0.6 is 0 Å². The van der Waals surface area contributed by atoms with Gasteiger partial charge in [0.2, 0.25) is 0 Å². The van der Waals surface area contributed by atoms with E-state index in [4.69, 9.17) is 4.74 Å². The van der Waals surface area contributed by atoms with E-state index in [1.165, 1.54) is 11.1 Å². The average molecular weight is 775 g/mol. The van der Waals surface area contributed by atoms with Crippen molar-refractivity contribution in [3.8, 4) is 0 Å². The summed E-state index contributed by atoms with van der Waals surface area (Å²) >= 11 is 0. The number of carbonyl (C=O) groups is 3. The minimum Gasteiger partial charge on any atom is -0.481 e. The van der Waals surface area contributed by atoms with Gasteiger partial charge in [0.15, 0.2) is 5.78 Å². The van der Waals surface area contributed by atoms with Gasteiger partial charge < -0.3 is 25.2 Å². The fraction of sp³-hybridized carbons (Fsp3) is 0.771. The lowest BCUT2D eigenvalue weighted by Gasteiger charge is -2.72. The Kier molecular flexibility index (Phi) is 11.7. The number of benzene rings is 1. The minimum atomic E-state index is -1.17.